The Morgan fingerprint density at radius 2 is 1.92 bits per heavy atom. The first-order chi connectivity index (χ1) is 12.3. The number of benzene rings is 2. The van der Waals surface area contributed by atoms with Crippen molar-refractivity contribution < 1.29 is 4.74 Å². The molecule has 0 radical (unpaired) electrons. The molecule has 1 N–H and O–H groups in total. The highest BCUT2D eigenvalue weighted by molar-refractivity contribution is 6.30. The van der Waals surface area contributed by atoms with E-state index < -0.39 is 0 Å². The molecule has 0 spiro atoms. The minimum Gasteiger partial charge on any atom is -0.490 e. The number of hydrogen-bond acceptors (Lipinski definition) is 3. The molecular formula is C21H21ClN2O. The molecule has 1 heterocycles. The van der Waals surface area contributed by atoms with E-state index in [0.29, 0.717) is 11.1 Å². The fourth-order valence-electron chi connectivity index (χ4n) is 3.47. The van der Waals surface area contributed by atoms with Gasteiger partial charge in [-0.15, -0.1) is 0 Å². The lowest BCUT2D eigenvalue weighted by atomic mass is 9.92. The summed E-state index contributed by atoms with van der Waals surface area (Å²) >= 11 is 6.05. The van der Waals surface area contributed by atoms with Gasteiger partial charge in [0, 0.05) is 22.9 Å². The van der Waals surface area contributed by atoms with E-state index in [0.717, 1.165) is 42.8 Å². The summed E-state index contributed by atoms with van der Waals surface area (Å²) in [5.74, 6) is 1.79. The number of nitrogens with zero attached hydrogens (tertiary/aromatic N) is 1. The SMILES string of the molecule is Clc1cccc(OC2CCCC(Nc3ccc4ccccc4n3)C2)c1. The summed E-state index contributed by atoms with van der Waals surface area (Å²) in [5.41, 5.74) is 1.02. The maximum absolute atomic E-state index is 6.13. The molecule has 0 saturated heterocycles. The van der Waals surface area contributed by atoms with Crippen LogP contribution >= 0.6 is 11.6 Å². The number of rotatable bonds is 4. The fourth-order valence-corrected chi connectivity index (χ4v) is 3.65. The molecule has 1 aliphatic rings. The van der Waals surface area contributed by atoms with Gasteiger partial charge in [-0.05, 0) is 55.7 Å². The van der Waals surface area contributed by atoms with Crippen molar-refractivity contribution >= 4 is 28.3 Å². The van der Waals surface area contributed by atoms with Crippen molar-refractivity contribution in [3.63, 3.8) is 0 Å². The lowest BCUT2D eigenvalue weighted by molar-refractivity contribution is 0.148. The Balaban J connectivity index is 1.42. The standard InChI is InChI=1S/C21H21ClN2O/c22-16-6-3-8-18(13-16)25-19-9-4-7-17(14-19)23-21-12-11-15-5-1-2-10-20(15)24-21/h1-3,5-6,8,10-13,17,19H,4,7,9,14H2,(H,23,24). The molecule has 3 aromatic rings. The van der Waals surface area contributed by atoms with Crippen molar-refractivity contribution in [1.29, 1.82) is 0 Å². The topological polar surface area (TPSA) is 34.1 Å². The van der Waals surface area contributed by atoms with Crippen molar-refractivity contribution in [1.82, 2.24) is 4.98 Å². The molecule has 0 aliphatic heterocycles. The first-order valence-electron chi connectivity index (χ1n) is 8.81. The Kier molecular flexibility index (Phi) is 4.75. The summed E-state index contributed by atoms with van der Waals surface area (Å²) in [5, 5.41) is 5.46. The van der Waals surface area contributed by atoms with Crippen molar-refractivity contribution in [2.24, 2.45) is 0 Å². The number of fused-ring (bicyclic) bond motifs is 1. The van der Waals surface area contributed by atoms with Gasteiger partial charge < -0.3 is 10.1 Å². The van der Waals surface area contributed by atoms with E-state index in [-0.39, 0.29) is 6.10 Å². The summed E-state index contributed by atoms with van der Waals surface area (Å²) in [6, 6.07) is 20.4. The highest BCUT2D eigenvalue weighted by Crippen LogP contribution is 2.27. The average molecular weight is 353 g/mol. The quantitative estimate of drug-likeness (QED) is 0.654. The Hall–Kier alpha value is -2.26. The van der Waals surface area contributed by atoms with Gasteiger partial charge in [0.25, 0.3) is 0 Å². The summed E-state index contributed by atoms with van der Waals surface area (Å²) in [6.45, 7) is 0. The van der Waals surface area contributed by atoms with Gasteiger partial charge >= 0.3 is 0 Å². The van der Waals surface area contributed by atoms with Gasteiger partial charge in [-0.3, -0.25) is 0 Å². The smallest absolute Gasteiger partial charge is 0.126 e. The Labute approximate surface area is 153 Å². The van der Waals surface area contributed by atoms with Gasteiger partial charge in [-0.25, -0.2) is 4.98 Å². The molecule has 1 fully saturated rings. The molecule has 0 bridgehead atoms. The predicted octanol–water partition coefficient (Wildman–Crippen LogP) is 5.69. The second-order valence-corrected chi connectivity index (χ2v) is 7.03. The van der Waals surface area contributed by atoms with Crippen LogP contribution in [0.15, 0.2) is 60.7 Å². The van der Waals surface area contributed by atoms with E-state index in [2.05, 4.69) is 23.5 Å². The number of hydrogen-bond donors (Lipinski definition) is 1. The van der Waals surface area contributed by atoms with Crippen molar-refractivity contribution in [2.45, 2.75) is 37.8 Å². The minimum absolute atomic E-state index is 0.213. The predicted molar refractivity (Wildman–Crippen MR) is 103 cm³/mol. The molecule has 4 rings (SSSR count). The molecule has 1 aromatic heterocycles. The van der Waals surface area contributed by atoms with Crippen LogP contribution in [0.25, 0.3) is 10.9 Å². The number of aromatic nitrogens is 1. The largest absolute Gasteiger partial charge is 0.490 e. The van der Waals surface area contributed by atoms with Crippen molar-refractivity contribution in [3.8, 4) is 5.75 Å². The van der Waals surface area contributed by atoms with Crippen LogP contribution in [0.2, 0.25) is 5.02 Å². The highest BCUT2D eigenvalue weighted by Gasteiger charge is 2.23. The van der Waals surface area contributed by atoms with Gasteiger partial charge in [-0.1, -0.05) is 35.9 Å². The zero-order chi connectivity index (χ0) is 17.1. The van der Waals surface area contributed by atoms with Crippen LogP contribution < -0.4 is 10.1 Å². The van der Waals surface area contributed by atoms with Crippen LogP contribution in [0.3, 0.4) is 0 Å². The number of halogens is 1. The van der Waals surface area contributed by atoms with E-state index in [4.69, 9.17) is 21.3 Å². The first kappa shape index (κ1) is 16.2. The normalized spacial score (nSPS) is 20.4. The minimum atomic E-state index is 0.213. The van der Waals surface area contributed by atoms with Gasteiger partial charge in [-0.2, -0.15) is 0 Å². The maximum Gasteiger partial charge on any atom is 0.126 e. The number of pyridine rings is 1. The average Bonchev–Trinajstić information content (AvgIpc) is 2.62. The molecule has 1 aliphatic carbocycles. The van der Waals surface area contributed by atoms with Gasteiger partial charge in [0.2, 0.25) is 0 Å². The van der Waals surface area contributed by atoms with Crippen LogP contribution in [-0.4, -0.2) is 17.1 Å². The number of para-hydroxylation sites is 1. The van der Waals surface area contributed by atoms with E-state index in [1.165, 1.54) is 5.39 Å². The van der Waals surface area contributed by atoms with Gasteiger partial charge in [0.1, 0.15) is 17.7 Å². The van der Waals surface area contributed by atoms with E-state index in [1.807, 2.05) is 42.5 Å². The Morgan fingerprint density at radius 3 is 2.84 bits per heavy atom. The second-order valence-electron chi connectivity index (χ2n) is 6.59. The van der Waals surface area contributed by atoms with Crippen LogP contribution in [0.1, 0.15) is 25.7 Å². The third kappa shape index (κ3) is 4.05. The molecule has 4 heteroatoms. The zero-order valence-corrected chi connectivity index (χ0v) is 14.7. The number of anilines is 1. The van der Waals surface area contributed by atoms with E-state index in [1.54, 1.807) is 0 Å². The summed E-state index contributed by atoms with van der Waals surface area (Å²) in [6.07, 6.45) is 4.56. The van der Waals surface area contributed by atoms with Crippen LogP contribution in [0, 0.1) is 0 Å². The third-order valence-corrected chi connectivity index (χ3v) is 4.91. The molecule has 25 heavy (non-hydrogen) atoms. The molecule has 0 amide bonds. The Morgan fingerprint density at radius 1 is 1.00 bits per heavy atom. The molecule has 128 valence electrons. The number of nitrogens with one attached hydrogen (secondary N) is 1. The van der Waals surface area contributed by atoms with Crippen LogP contribution in [0.4, 0.5) is 5.82 Å². The molecule has 2 unspecified atom stereocenters. The number of ether oxygens (including phenoxy) is 1. The van der Waals surface area contributed by atoms with E-state index in [9.17, 15) is 0 Å². The second kappa shape index (κ2) is 7.32. The van der Waals surface area contributed by atoms with Crippen LogP contribution in [-0.2, 0) is 0 Å². The van der Waals surface area contributed by atoms with E-state index >= 15 is 0 Å². The summed E-state index contributed by atoms with van der Waals surface area (Å²) in [7, 11) is 0. The summed E-state index contributed by atoms with van der Waals surface area (Å²) < 4.78 is 6.13. The summed E-state index contributed by atoms with van der Waals surface area (Å²) in [4.78, 5) is 4.72. The van der Waals surface area contributed by atoms with Crippen molar-refractivity contribution in [2.75, 3.05) is 5.32 Å². The lowest BCUT2D eigenvalue weighted by Crippen LogP contribution is -2.33. The highest BCUT2D eigenvalue weighted by atomic mass is 35.5. The molecule has 3 nitrogen and oxygen atoms in total. The monoisotopic (exact) mass is 352 g/mol. The van der Waals surface area contributed by atoms with Crippen LogP contribution in [0.5, 0.6) is 5.75 Å². The van der Waals surface area contributed by atoms with Gasteiger partial charge in [0.05, 0.1) is 5.52 Å². The fraction of sp³-hybridized carbons (Fsp3) is 0.286. The maximum atomic E-state index is 6.13. The first-order valence-corrected chi connectivity index (χ1v) is 9.19. The van der Waals surface area contributed by atoms with Crippen molar-refractivity contribution in [3.05, 3.63) is 65.7 Å². The molecular weight excluding hydrogens is 332 g/mol. The molecule has 1 saturated carbocycles. The molecule has 2 atom stereocenters. The Bertz CT molecular complexity index is 867. The third-order valence-electron chi connectivity index (χ3n) is 4.68. The van der Waals surface area contributed by atoms with Gasteiger partial charge in [0.15, 0.2) is 0 Å². The molecule has 2 aromatic carbocycles. The zero-order valence-electron chi connectivity index (χ0n) is 14.0. The lowest BCUT2D eigenvalue weighted by Gasteiger charge is -2.30.